The molecule has 0 saturated carbocycles. The van der Waals surface area contributed by atoms with Crippen LogP contribution >= 0.6 is 0 Å². The number of carbonyl (C=O) groups is 1. The van der Waals surface area contributed by atoms with Crippen LogP contribution in [0.3, 0.4) is 0 Å². The minimum atomic E-state index is -0.0615. The average Bonchev–Trinajstić information content (AvgIpc) is 2.62. The van der Waals surface area contributed by atoms with Crippen molar-refractivity contribution in [3.05, 3.63) is 53.9 Å². The highest BCUT2D eigenvalue weighted by Crippen LogP contribution is 2.26. The third-order valence-electron chi connectivity index (χ3n) is 4.24. The van der Waals surface area contributed by atoms with Crippen molar-refractivity contribution in [3.63, 3.8) is 0 Å². The van der Waals surface area contributed by atoms with Crippen LogP contribution in [0.1, 0.15) is 22.0 Å². The fourth-order valence-electron chi connectivity index (χ4n) is 2.90. The van der Waals surface area contributed by atoms with Crippen molar-refractivity contribution in [1.29, 1.82) is 0 Å². The highest BCUT2D eigenvalue weighted by atomic mass is 16.1. The Balaban J connectivity index is 1.84. The number of hydrogen-bond acceptors (Lipinski definition) is 5. The fraction of sp³-hybridized carbons (Fsp3) is 0.353. The van der Waals surface area contributed by atoms with E-state index in [0.717, 1.165) is 31.1 Å². The SMILES string of the molecule is CNC(=O)c1cccc(C2CN(c3ncccn3)CCN2C)c1. The van der Waals surface area contributed by atoms with E-state index in [0.29, 0.717) is 5.56 Å². The Kier molecular flexibility index (Phi) is 4.52. The van der Waals surface area contributed by atoms with Crippen molar-refractivity contribution >= 4 is 11.9 Å². The Hall–Kier alpha value is -2.47. The number of nitrogens with zero attached hydrogens (tertiary/aromatic N) is 4. The molecule has 0 spiro atoms. The molecule has 6 heteroatoms. The highest BCUT2D eigenvalue weighted by molar-refractivity contribution is 5.94. The van der Waals surface area contributed by atoms with Gasteiger partial charge in [0.1, 0.15) is 0 Å². The number of amides is 1. The lowest BCUT2D eigenvalue weighted by Gasteiger charge is -2.39. The monoisotopic (exact) mass is 311 g/mol. The molecule has 2 aromatic rings. The summed E-state index contributed by atoms with van der Waals surface area (Å²) in [6.45, 7) is 2.62. The Morgan fingerprint density at radius 2 is 2.00 bits per heavy atom. The Labute approximate surface area is 136 Å². The second kappa shape index (κ2) is 6.75. The number of carbonyl (C=O) groups excluding carboxylic acids is 1. The number of rotatable bonds is 3. The van der Waals surface area contributed by atoms with Crippen LogP contribution < -0.4 is 10.2 Å². The number of anilines is 1. The molecule has 1 aliphatic rings. The highest BCUT2D eigenvalue weighted by Gasteiger charge is 2.27. The molecule has 23 heavy (non-hydrogen) atoms. The summed E-state index contributed by atoms with van der Waals surface area (Å²) in [4.78, 5) is 25.1. The summed E-state index contributed by atoms with van der Waals surface area (Å²) in [6.07, 6.45) is 3.53. The van der Waals surface area contributed by atoms with E-state index in [4.69, 9.17) is 0 Å². The Bertz CT molecular complexity index is 676. The summed E-state index contributed by atoms with van der Waals surface area (Å²) >= 11 is 0. The van der Waals surface area contributed by atoms with E-state index in [1.165, 1.54) is 0 Å². The first-order chi connectivity index (χ1) is 11.2. The van der Waals surface area contributed by atoms with E-state index in [1.807, 2.05) is 24.3 Å². The van der Waals surface area contributed by atoms with Gasteiger partial charge in [-0.1, -0.05) is 12.1 Å². The first-order valence-electron chi connectivity index (χ1n) is 7.73. The lowest BCUT2D eigenvalue weighted by atomic mass is 10.0. The molecule has 1 aromatic heterocycles. The molecule has 3 rings (SSSR count). The summed E-state index contributed by atoms with van der Waals surface area (Å²) in [5.41, 5.74) is 1.82. The number of hydrogen-bond donors (Lipinski definition) is 1. The number of piperazine rings is 1. The van der Waals surface area contributed by atoms with E-state index in [2.05, 4.69) is 38.2 Å². The number of aromatic nitrogens is 2. The second-order valence-corrected chi connectivity index (χ2v) is 5.70. The van der Waals surface area contributed by atoms with Gasteiger partial charge in [0.05, 0.1) is 6.04 Å². The molecule has 0 aliphatic carbocycles. The zero-order valence-electron chi connectivity index (χ0n) is 13.4. The van der Waals surface area contributed by atoms with E-state index < -0.39 is 0 Å². The maximum absolute atomic E-state index is 11.9. The first-order valence-corrected chi connectivity index (χ1v) is 7.73. The summed E-state index contributed by atoms with van der Waals surface area (Å²) in [7, 11) is 3.76. The van der Waals surface area contributed by atoms with Gasteiger partial charge in [-0.05, 0) is 30.8 Å². The number of benzene rings is 1. The van der Waals surface area contributed by atoms with Crippen molar-refractivity contribution in [2.24, 2.45) is 0 Å². The van der Waals surface area contributed by atoms with Crippen molar-refractivity contribution in [2.75, 3.05) is 38.6 Å². The van der Waals surface area contributed by atoms with Crippen molar-refractivity contribution in [1.82, 2.24) is 20.2 Å². The zero-order valence-corrected chi connectivity index (χ0v) is 13.4. The lowest BCUT2D eigenvalue weighted by molar-refractivity contribution is 0.0962. The summed E-state index contributed by atoms with van der Waals surface area (Å²) in [5.74, 6) is 0.696. The molecular formula is C17H21N5O. The van der Waals surface area contributed by atoms with Crippen molar-refractivity contribution < 1.29 is 4.79 Å². The van der Waals surface area contributed by atoms with Gasteiger partial charge in [-0.25, -0.2) is 9.97 Å². The molecule has 1 aromatic carbocycles. The first kappa shape index (κ1) is 15.4. The standard InChI is InChI=1S/C17H21N5O/c1-18-16(23)14-6-3-5-13(11-14)15-12-22(10-9-21(15)2)17-19-7-4-8-20-17/h3-8,11,15H,9-10,12H2,1-2H3,(H,18,23). The molecule has 1 unspecified atom stereocenters. The van der Waals surface area contributed by atoms with Gasteiger partial charge in [0, 0.05) is 44.6 Å². The van der Waals surface area contributed by atoms with Crippen LogP contribution in [-0.2, 0) is 0 Å². The number of likely N-dealkylation sites (N-methyl/N-ethyl adjacent to an activating group) is 1. The molecule has 120 valence electrons. The van der Waals surface area contributed by atoms with Crippen molar-refractivity contribution in [3.8, 4) is 0 Å². The van der Waals surface area contributed by atoms with Gasteiger partial charge in [0.2, 0.25) is 5.95 Å². The average molecular weight is 311 g/mol. The predicted molar refractivity (Wildman–Crippen MR) is 89.4 cm³/mol. The predicted octanol–water partition coefficient (Wildman–Crippen LogP) is 1.33. The minimum absolute atomic E-state index is 0.0615. The Morgan fingerprint density at radius 1 is 1.22 bits per heavy atom. The summed E-state index contributed by atoms with van der Waals surface area (Å²) in [6, 6.07) is 9.84. The zero-order chi connectivity index (χ0) is 16.2. The van der Waals surface area contributed by atoms with Gasteiger partial charge in [0.25, 0.3) is 5.91 Å². The van der Waals surface area contributed by atoms with Gasteiger partial charge in [-0.3, -0.25) is 9.69 Å². The molecular weight excluding hydrogens is 290 g/mol. The minimum Gasteiger partial charge on any atom is -0.355 e. The summed E-state index contributed by atoms with van der Waals surface area (Å²) in [5, 5.41) is 2.67. The van der Waals surface area contributed by atoms with Crippen LogP contribution in [0.25, 0.3) is 0 Å². The lowest BCUT2D eigenvalue weighted by Crippen LogP contribution is -2.47. The molecule has 0 radical (unpaired) electrons. The molecule has 2 heterocycles. The van der Waals surface area contributed by atoms with Crippen LogP contribution in [0.15, 0.2) is 42.7 Å². The fourth-order valence-corrected chi connectivity index (χ4v) is 2.90. The maximum atomic E-state index is 11.9. The van der Waals surface area contributed by atoms with Gasteiger partial charge in [0.15, 0.2) is 0 Å². The number of nitrogens with one attached hydrogen (secondary N) is 1. The van der Waals surface area contributed by atoms with E-state index in [9.17, 15) is 4.79 Å². The van der Waals surface area contributed by atoms with Crippen molar-refractivity contribution in [2.45, 2.75) is 6.04 Å². The Morgan fingerprint density at radius 3 is 2.74 bits per heavy atom. The van der Waals surface area contributed by atoms with E-state index in [-0.39, 0.29) is 11.9 Å². The maximum Gasteiger partial charge on any atom is 0.251 e. The largest absolute Gasteiger partial charge is 0.355 e. The normalized spacial score (nSPS) is 18.7. The van der Waals surface area contributed by atoms with E-state index in [1.54, 1.807) is 19.4 Å². The molecule has 6 nitrogen and oxygen atoms in total. The smallest absolute Gasteiger partial charge is 0.251 e. The van der Waals surface area contributed by atoms with Crippen LogP contribution in [0.4, 0.5) is 5.95 Å². The van der Waals surface area contributed by atoms with E-state index >= 15 is 0 Å². The third kappa shape index (κ3) is 3.32. The van der Waals surface area contributed by atoms with Crippen LogP contribution in [-0.4, -0.2) is 54.5 Å². The molecule has 1 saturated heterocycles. The molecule has 1 amide bonds. The second-order valence-electron chi connectivity index (χ2n) is 5.70. The van der Waals surface area contributed by atoms with Crippen LogP contribution in [0.2, 0.25) is 0 Å². The van der Waals surface area contributed by atoms with Gasteiger partial charge < -0.3 is 10.2 Å². The molecule has 1 N–H and O–H groups in total. The topological polar surface area (TPSA) is 61.4 Å². The molecule has 1 fully saturated rings. The van der Waals surface area contributed by atoms with Gasteiger partial charge >= 0.3 is 0 Å². The summed E-state index contributed by atoms with van der Waals surface area (Å²) < 4.78 is 0. The quantitative estimate of drug-likeness (QED) is 0.926. The van der Waals surface area contributed by atoms with Gasteiger partial charge in [-0.2, -0.15) is 0 Å². The van der Waals surface area contributed by atoms with Crippen LogP contribution in [0.5, 0.6) is 0 Å². The molecule has 0 bridgehead atoms. The van der Waals surface area contributed by atoms with Crippen LogP contribution in [0, 0.1) is 0 Å². The molecule has 1 atom stereocenters. The molecule has 1 aliphatic heterocycles. The van der Waals surface area contributed by atoms with Gasteiger partial charge in [-0.15, -0.1) is 0 Å². The third-order valence-corrected chi connectivity index (χ3v) is 4.24.